The molecule has 120 valence electrons. The third-order valence-electron chi connectivity index (χ3n) is 4.72. The van der Waals surface area contributed by atoms with Crippen molar-refractivity contribution in [3.8, 4) is 0 Å². The summed E-state index contributed by atoms with van der Waals surface area (Å²) in [6.45, 7) is 2.98. The maximum absolute atomic E-state index is 12.7. The molecule has 5 nitrogen and oxygen atoms in total. The number of aromatic nitrogens is 2. The zero-order chi connectivity index (χ0) is 15.7. The third-order valence-corrected chi connectivity index (χ3v) is 6.49. The molecule has 1 aliphatic carbocycles. The number of sulfonamides is 1. The third kappa shape index (κ3) is 2.90. The van der Waals surface area contributed by atoms with Gasteiger partial charge in [0.05, 0.1) is 0 Å². The van der Waals surface area contributed by atoms with Crippen LogP contribution in [0.2, 0.25) is 0 Å². The summed E-state index contributed by atoms with van der Waals surface area (Å²) < 4.78 is 28.6. The first kappa shape index (κ1) is 15.5. The van der Waals surface area contributed by atoms with Gasteiger partial charge in [-0.15, -0.1) is 0 Å². The Bertz CT molecular complexity index is 663. The van der Waals surface area contributed by atoms with Gasteiger partial charge in [0, 0.05) is 26.3 Å². The van der Waals surface area contributed by atoms with Crippen LogP contribution in [0.25, 0.3) is 0 Å². The molecule has 0 unspecified atom stereocenters. The molecule has 22 heavy (non-hydrogen) atoms. The summed E-state index contributed by atoms with van der Waals surface area (Å²) in [5, 5.41) is 0.170. The van der Waals surface area contributed by atoms with Gasteiger partial charge in [-0.05, 0) is 38.0 Å². The molecule has 0 saturated carbocycles. The maximum atomic E-state index is 12.7. The van der Waals surface area contributed by atoms with Crippen LogP contribution >= 0.6 is 0 Å². The molecular formula is C16H23N3O2S. The van der Waals surface area contributed by atoms with Crippen molar-refractivity contribution in [1.82, 2.24) is 13.9 Å². The Kier molecular flexibility index (Phi) is 4.23. The van der Waals surface area contributed by atoms with Crippen LogP contribution in [0.1, 0.15) is 25.1 Å². The number of piperidine rings is 1. The fourth-order valence-corrected chi connectivity index (χ4v) is 4.71. The Balaban J connectivity index is 1.69. The molecule has 1 aromatic rings. The number of nitrogens with zero attached hydrogens (tertiary/aromatic N) is 3. The zero-order valence-corrected chi connectivity index (χ0v) is 14.0. The fourth-order valence-electron chi connectivity index (χ4n) is 3.21. The Morgan fingerprint density at radius 3 is 2.36 bits per heavy atom. The van der Waals surface area contributed by atoms with Gasteiger partial charge in [-0.2, -0.15) is 4.31 Å². The van der Waals surface area contributed by atoms with E-state index >= 15 is 0 Å². The van der Waals surface area contributed by atoms with Crippen molar-refractivity contribution in [3.63, 3.8) is 0 Å². The highest BCUT2D eigenvalue weighted by Crippen LogP contribution is 2.31. The molecule has 1 aromatic heterocycles. The lowest BCUT2D eigenvalue weighted by molar-refractivity contribution is 0.249. The topological polar surface area (TPSA) is 55.2 Å². The maximum Gasteiger partial charge on any atom is 0.262 e. The van der Waals surface area contributed by atoms with Gasteiger partial charge < -0.3 is 4.57 Å². The summed E-state index contributed by atoms with van der Waals surface area (Å²) >= 11 is 0. The highest BCUT2D eigenvalue weighted by atomic mass is 32.2. The largest absolute Gasteiger partial charge is 0.337 e. The van der Waals surface area contributed by atoms with Crippen molar-refractivity contribution in [2.75, 3.05) is 13.1 Å². The van der Waals surface area contributed by atoms with Crippen molar-refractivity contribution in [1.29, 1.82) is 0 Å². The van der Waals surface area contributed by atoms with E-state index in [1.165, 1.54) is 0 Å². The van der Waals surface area contributed by atoms with Gasteiger partial charge in [-0.1, -0.05) is 24.3 Å². The Morgan fingerprint density at radius 2 is 1.82 bits per heavy atom. The number of allylic oxidation sites excluding steroid dienone is 4. The molecule has 0 N–H and O–H groups in total. The smallest absolute Gasteiger partial charge is 0.262 e. The minimum Gasteiger partial charge on any atom is -0.337 e. The predicted molar refractivity (Wildman–Crippen MR) is 85.8 cm³/mol. The van der Waals surface area contributed by atoms with Gasteiger partial charge in [0.25, 0.3) is 10.0 Å². The van der Waals surface area contributed by atoms with E-state index in [4.69, 9.17) is 0 Å². The van der Waals surface area contributed by atoms with E-state index in [-0.39, 0.29) is 5.03 Å². The van der Waals surface area contributed by atoms with E-state index in [0.717, 1.165) is 19.3 Å². The first-order chi connectivity index (χ1) is 10.5. The molecule has 0 atom stereocenters. The molecule has 1 saturated heterocycles. The highest BCUT2D eigenvalue weighted by Gasteiger charge is 2.32. The highest BCUT2D eigenvalue weighted by molar-refractivity contribution is 7.89. The monoisotopic (exact) mass is 321 g/mol. The average Bonchev–Trinajstić information content (AvgIpc) is 2.88. The van der Waals surface area contributed by atoms with E-state index in [0.29, 0.717) is 30.7 Å². The summed E-state index contributed by atoms with van der Waals surface area (Å²) in [6.07, 6.45) is 13.4. The van der Waals surface area contributed by atoms with Crippen LogP contribution < -0.4 is 0 Å². The molecule has 0 aromatic carbocycles. The summed E-state index contributed by atoms with van der Waals surface area (Å²) in [5.41, 5.74) is 0. The Morgan fingerprint density at radius 1 is 1.18 bits per heavy atom. The molecule has 0 amide bonds. The fraction of sp³-hybridized carbons (Fsp3) is 0.562. The van der Waals surface area contributed by atoms with Gasteiger partial charge in [-0.3, -0.25) is 0 Å². The summed E-state index contributed by atoms with van der Waals surface area (Å²) in [6, 6.07) is 0. The van der Waals surface area contributed by atoms with Gasteiger partial charge >= 0.3 is 0 Å². The van der Waals surface area contributed by atoms with Crippen molar-refractivity contribution < 1.29 is 8.42 Å². The van der Waals surface area contributed by atoms with Crippen LogP contribution in [-0.2, 0) is 17.1 Å². The first-order valence-electron chi connectivity index (χ1n) is 7.82. The second-order valence-corrected chi connectivity index (χ2v) is 8.03. The molecule has 6 heteroatoms. The SMILES string of the molecule is Cc1nc(S(=O)(=O)N2CCC(C3C=CCC=C3)CC2)cn1C. The van der Waals surface area contributed by atoms with E-state index in [1.807, 2.05) is 14.0 Å². The zero-order valence-electron chi connectivity index (χ0n) is 13.1. The van der Waals surface area contributed by atoms with Crippen LogP contribution in [-0.4, -0.2) is 35.4 Å². The van der Waals surface area contributed by atoms with E-state index in [2.05, 4.69) is 29.3 Å². The lowest BCUT2D eigenvalue weighted by atomic mass is 9.83. The van der Waals surface area contributed by atoms with Crippen molar-refractivity contribution in [2.24, 2.45) is 18.9 Å². The normalized spacial score (nSPS) is 21.5. The summed E-state index contributed by atoms with van der Waals surface area (Å²) in [4.78, 5) is 4.18. The van der Waals surface area contributed by atoms with Crippen LogP contribution in [0.3, 0.4) is 0 Å². The second kappa shape index (κ2) is 6.01. The van der Waals surface area contributed by atoms with E-state index < -0.39 is 10.0 Å². The van der Waals surface area contributed by atoms with Gasteiger partial charge in [0.1, 0.15) is 5.82 Å². The second-order valence-electron chi connectivity index (χ2n) is 6.15. The van der Waals surface area contributed by atoms with Crippen LogP contribution in [0.15, 0.2) is 35.5 Å². The molecule has 2 aliphatic rings. The molecule has 2 heterocycles. The van der Waals surface area contributed by atoms with Crippen molar-refractivity contribution in [2.45, 2.75) is 31.2 Å². The molecule has 0 radical (unpaired) electrons. The summed E-state index contributed by atoms with van der Waals surface area (Å²) in [7, 11) is -1.64. The molecule has 1 fully saturated rings. The quantitative estimate of drug-likeness (QED) is 0.803. The van der Waals surface area contributed by atoms with Crippen LogP contribution in [0.4, 0.5) is 0 Å². The predicted octanol–water partition coefficient (Wildman–Crippen LogP) is 2.26. The van der Waals surface area contributed by atoms with Gasteiger partial charge in [0.15, 0.2) is 5.03 Å². The van der Waals surface area contributed by atoms with Crippen molar-refractivity contribution in [3.05, 3.63) is 36.3 Å². The van der Waals surface area contributed by atoms with Crippen LogP contribution in [0.5, 0.6) is 0 Å². The van der Waals surface area contributed by atoms with Gasteiger partial charge in [0.2, 0.25) is 0 Å². The molecule has 3 rings (SSSR count). The van der Waals surface area contributed by atoms with Crippen molar-refractivity contribution >= 4 is 10.0 Å². The first-order valence-corrected chi connectivity index (χ1v) is 9.26. The number of aryl methyl sites for hydroxylation is 2. The van der Waals surface area contributed by atoms with Crippen LogP contribution in [0, 0.1) is 18.8 Å². The van der Waals surface area contributed by atoms with E-state index in [1.54, 1.807) is 15.1 Å². The number of hydrogen-bond donors (Lipinski definition) is 0. The molecule has 1 aliphatic heterocycles. The Labute approximate surface area is 132 Å². The average molecular weight is 321 g/mol. The standard InChI is InChI=1S/C16H23N3O2S/c1-13-17-16(12-18(13)2)22(20,21)19-10-8-15(9-11-19)14-6-4-3-5-7-14/h4-7,12,14-15H,3,8-11H2,1-2H3. The molecule has 0 spiro atoms. The molecule has 0 bridgehead atoms. The molecular weight excluding hydrogens is 298 g/mol. The van der Waals surface area contributed by atoms with E-state index in [9.17, 15) is 8.42 Å². The number of imidazole rings is 1. The lowest BCUT2D eigenvalue weighted by Gasteiger charge is -2.33. The number of hydrogen-bond acceptors (Lipinski definition) is 3. The summed E-state index contributed by atoms with van der Waals surface area (Å²) in [5.74, 6) is 1.73. The lowest BCUT2D eigenvalue weighted by Crippen LogP contribution is -2.39. The Hall–Kier alpha value is -1.40. The number of rotatable bonds is 3. The minimum absolute atomic E-state index is 0.170. The van der Waals surface area contributed by atoms with Gasteiger partial charge in [-0.25, -0.2) is 13.4 Å². The minimum atomic E-state index is -3.45.